The van der Waals surface area contributed by atoms with Gasteiger partial charge in [0.05, 0.1) is 57.9 Å². The monoisotopic (exact) mass is 861 g/mol. The quantitative estimate of drug-likeness (QED) is 0.103. The number of nitrogens with zero attached hydrogens (tertiary/aromatic N) is 1. The molecule has 3 aliphatic rings. The van der Waals surface area contributed by atoms with Gasteiger partial charge in [-0.2, -0.15) is 0 Å². The highest BCUT2D eigenvalue weighted by atomic mass is 16.7. The van der Waals surface area contributed by atoms with Crippen LogP contribution in [-0.4, -0.2) is 114 Å². The van der Waals surface area contributed by atoms with Gasteiger partial charge in [-0.3, -0.25) is 14.5 Å². The molecule has 2 fully saturated rings. The number of ether oxygens (including phenoxy) is 8. The average molecular weight is 862 g/mol. The maximum atomic E-state index is 14.0. The summed E-state index contributed by atoms with van der Waals surface area (Å²) in [6, 6.07) is 40.8. The van der Waals surface area contributed by atoms with E-state index in [0.717, 1.165) is 27.2 Å². The molecule has 14 heteroatoms. The Kier molecular flexibility index (Phi) is 14.7. The molecule has 8 rings (SSSR count). The first kappa shape index (κ1) is 44.3. The zero-order chi connectivity index (χ0) is 43.7. The highest BCUT2D eigenvalue weighted by Gasteiger charge is 2.57. The molecule has 0 saturated carbocycles. The minimum absolute atomic E-state index is 0.0858. The number of aliphatic hydroxyl groups is 3. The number of hydrogen-bond acceptors (Lipinski definition) is 13. The fraction of sp³-hybridized carbons (Fsp3) is 0.347. The van der Waals surface area contributed by atoms with Gasteiger partial charge in [-0.25, -0.2) is 0 Å². The first-order valence-electron chi connectivity index (χ1n) is 20.9. The first-order chi connectivity index (χ1) is 30.8. The number of carbonyl (C=O) groups excluding carboxylic acids is 2. The molecule has 330 valence electrons. The number of methoxy groups -OCH3 is 1. The Bertz CT molecular complexity index is 2200. The minimum Gasteiger partial charge on any atom is -0.497 e. The van der Waals surface area contributed by atoms with Crippen LogP contribution in [0, 0.1) is 0 Å². The van der Waals surface area contributed by atoms with Gasteiger partial charge in [-0.1, -0.05) is 115 Å². The minimum atomic E-state index is -1.80. The largest absolute Gasteiger partial charge is 0.497 e. The predicted octanol–water partition coefficient (Wildman–Crippen LogP) is 4.81. The molecule has 0 spiro atoms. The Morgan fingerprint density at radius 2 is 1.03 bits per heavy atom. The Labute approximate surface area is 365 Å². The van der Waals surface area contributed by atoms with Gasteiger partial charge in [0.2, 0.25) is 0 Å². The number of carbonyl (C=O) groups is 2. The molecule has 3 N–H and O–H groups in total. The van der Waals surface area contributed by atoms with Crippen LogP contribution in [0.4, 0.5) is 0 Å². The molecular weight excluding hydrogens is 811 g/mol. The summed E-state index contributed by atoms with van der Waals surface area (Å²) in [7, 11) is 1.59. The lowest BCUT2D eigenvalue weighted by Gasteiger charge is -2.50. The summed E-state index contributed by atoms with van der Waals surface area (Å²) in [4.78, 5) is 28.8. The van der Waals surface area contributed by atoms with E-state index in [2.05, 4.69) is 0 Å². The van der Waals surface area contributed by atoms with Crippen molar-refractivity contribution in [3.05, 3.63) is 173 Å². The van der Waals surface area contributed by atoms with Crippen molar-refractivity contribution in [2.75, 3.05) is 20.3 Å². The van der Waals surface area contributed by atoms with Crippen molar-refractivity contribution in [2.24, 2.45) is 0 Å². The Morgan fingerprint density at radius 3 is 1.57 bits per heavy atom. The van der Waals surface area contributed by atoms with Crippen molar-refractivity contribution >= 4 is 11.8 Å². The Hall–Kier alpha value is -5.36. The van der Waals surface area contributed by atoms with Crippen LogP contribution in [0.5, 0.6) is 5.75 Å². The maximum absolute atomic E-state index is 14.0. The summed E-state index contributed by atoms with van der Waals surface area (Å²) in [5, 5.41) is 33.4. The van der Waals surface area contributed by atoms with Crippen molar-refractivity contribution < 1.29 is 62.8 Å². The van der Waals surface area contributed by atoms with Crippen LogP contribution in [0.2, 0.25) is 0 Å². The number of rotatable bonds is 18. The molecule has 3 heterocycles. The standard InChI is InChI=1S/C49H51NO13/c1-56-35-23-21-34(22-24-35)26-57-30-39-43(63-48-40(42(53)41(52)38(25-51)61-48)50-46(54)36-19-11-12-20-37(36)47(50)55)44(58-27-31-13-5-2-6-14-31)45(59-28-32-15-7-3-8-16-32)49(62-39)60-29-33-17-9-4-10-18-33/h2-24,38-45,48-49,51-53H,25-30H2,1H3/t38-,39-,40-,41+,42-,43-,44+,45-,48+,49+/m1/s1. The first-order valence-corrected chi connectivity index (χ1v) is 20.9. The number of benzene rings is 5. The number of imide groups is 1. The van der Waals surface area contributed by atoms with Gasteiger partial charge in [0.1, 0.15) is 54.5 Å². The molecule has 14 nitrogen and oxygen atoms in total. The molecule has 5 aromatic carbocycles. The number of fused-ring (bicyclic) bond motifs is 1. The third-order valence-electron chi connectivity index (χ3n) is 11.4. The summed E-state index contributed by atoms with van der Waals surface area (Å²) in [5.41, 5.74) is 3.69. The maximum Gasteiger partial charge on any atom is 0.262 e. The van der Waals surface area contributed by atoms with Gasteiger partial charge in [-0.15, -0.1) is 0 Å². The van der Waals surface area contributed by atoms with Gasteiger partial charge in [-0.05, 0) is 46.5 Å². The van der Waals surface area contributed by atoms with E-state index >= 15 is 0 Å². The normalized spacial score (nSPS) is 27.0. The number of aliphatic hydroxyl groups excluding tert-OH is 3. The molecular formula is C49H51NO13. The lowest BCUT2D eigenvalue weighted by atomic mass is 9.94. The van der Waals surface area contributed by atoms with Crippen molar-refractivity contribution in [2.45, 2.75) is 87.8 Å². The number of hydrogen-bond donors (Lipinski definition) is 3. The van der Waals surface area contributed by atoms with E-state index in [1.165, 1.54) is 12.1 Å². The van der Waals surface area contributed by atoms with Gasteiger partial charge in [0.25, 0.3) is 11.8 Å². The van der Waals surface area contributed by atoms with Gasteiger partial charge >= 0.3 is 0 Å². The summed E-state index contributed by atoms with van der Waals surface area (Å²) in [6.45, 7) is -0.249. The zero-order valence-corrected chi connectivity index (χ0v) is 34.7. The molecule has 0 bridgehead atoms. The molecule has 0 aromatic heterocycles. The molecule has 2 amide bonds. The molecule has 3 aliphatic heterocycles. The van der Waals surface area contributed by atoms with Crippen molar-refractivity contribution in [3.63, 3.8) is 0 Å². The summed E-state index contributed by atoms with van der Waals surface area (Å²) in [5.74, 6) is -0.725. The van der Waals surface area contributed by atoms with Gasteiger partial charge in [0.15, 0.2) is 12.6 Å². The molecule has 0 radical (unpaired) electrons. The third kappa shape index (κ3) is 10.2. The van der Waals surface area contributed by atoms with E-state index in [0.29, 0.717) is 5.75 Å². The van der Waals surface area contributed by atoms with E-state index in [1.54, 1.807) is 19.2 Å². The van der Waals surface area contributed by atoms with E-state index < -0.39 is 79.8 Å². The van der Waals surface area contributed by atoms with Crippen LogP contribution in [0.3, 0.4) is 0 Å². The van der Waals surface area contributed by atoms with Gasteiger partial charge in [0, 0.05) is 0 Å². The van der Waals surface area contributed by atoms with Crippen LogP contribution in [0.25, 0.3) is 0 Å². The third-order valence-corrected chi connectivity index (χ3v) is 11.4. The average Bonchev–Trinajstić information content (AvgIpc) is 3.57. The Balaban J connectivity index is 1.18. The molecule has 10 atom stereocenters. The van der Waals surface area contributed by atoms with Crippen LogP contribution < -0.4 is 4.74 Å². The lowest BCUT2D eigenvalue weighted by Crippen LogP contribution is -2.68. The number of amides is 2. The van der Waals surface area contributed by atoms with Crippen molar-refractivity contribution in [1.82, 2.24) is 4.90 Å². The predicted molar refractivity (Wildman–Crippen MR) is 226 cm³/mol. The Morgan fingerprint density at radius 1 is 0.540 bits per heavy atom. The van der Waals surface area contributed by atoms with Crippen LogP contribution >= 0.6 is 0 Å². The fourth-order valence-electron chi connectivity index (χ4n) is 8.07. The van der Waals surface area contributed by atoms with E-state index in [4.69, 9.17) is 37.9 Å². The molecule has 0 unspecified atom stereocenters. The second-order valence-corrected chi connectivity index (χ2v) is 15.5. The van der Waals surface area contributed by atoms with E-state index in [1.807, 2.05) is 115 Å². The zero-order valence-electron chi connectivity index (χ0n) is 34.7. The molecule has 2 saturated heterocycles. The topological polar surface area (TPSA) is 172 Å². The molecule has 5 aromatic rings. The van der Waals surface area contributed by atoms with E-state index in [-0.39, 0.29) is 44.2 Å². The fourth-order valence-corrected chi connectivity index (χ4v) is 8.07. The van der Waals surface area contributed by atoms with E-state index in [9.17, 15) is 24.9 Å². The lowest BCUT2D eigenvalue weighted by molar-refractivity contribution is -0.363. The van der Waals surface area contributed by atoms with Crippen molar-refractivity contribution in [3.8, 4) is 5.75 Å². The molecule has 63 heavy (non-hydrogen) atoms. The second kappa shape index (κ2) is 20.9. The molecule has 0 aliphatic carbocycles. The smallest absolute Gasteiger partial charge is 0.262 e. The second-order valence-electron chi connectivity index (χ2n) is 15.5. The summed E-state index contributed by atoms with van der Waals surface area (Å²) < 4.78 is 51.7. The van der Waals surface area contributed by atoms with Crippen LogP contribution in [0.15, 0.2) is 140 Å². The summed E-state index contributed by atoms with van der Waals surface area (Å²) >= 11 is 0. The van der Waals surface area contributed by atoms with Crippen LogP contribution in [0.1, 0.15) is 43.0 Å². The SMILES string of the molecule is COc1ccc(COC[C@H]2O[C@H](OCc3ccccc3)[C@H](OCc3ccccc3)[C@@H](OCc3ccccc3)[C@@H]2O[C@@H]2O[C@H](CO)[C@H](O)[C@H](O)[C@H]2N2C(=O)c3ccccc3C2=O)cc1. The highest BCUT2D eigenvalue weighted by molar-refractivity contribution is 6.21. The highest BCUT2D eigenvalue weighted by Crippen LogP contribution is 2.37. The van der Waals surface area contributed by atoms with Crippen molar-refractivity contribution in [1.29, 1.82) is 0 Å². The van der Waals surface area contributed by atoms with Gasteiger partial charge < -0.3 is 53.2 Å². The van der Waals surface area contributed by atoms with Crippen LogP contribution in [-0.2, 0) is 59.6 Å². The summed E-state index contributed by atoms with van der Waals surface area (Å²) in [6.07, 6.45) is -11.7.